The lowest BCUT2D eigenvalue weighted by Crippen LogP contribution is -2.29. The first kappa shape index (κ1) is 26.6. The van der Waals surface area contributed by atoms with Crippen molar-refractivity contribution in [3.8, 4) is 22.8 Å². The number of thiocarbonyl (C=S) groups is 1. The van der Waals surface area contributed by atoms with Crippen LogP contribution in [-0.4, -0.2) is 21.2 Å². The molecule has 2 N–H and O–H groups in total. The van der Waals surface area contributed by atoms with Gasteiger partial charge in [-0.15, -0.1) is 0 Å². The molecule has 1 fully saturated rings. The van der Waals surface area contributed by atoms with Crippen molar-refractivity contribution in [1.82, 2.24) is 10.3 Å². The molecule has 0 spiro atoms. The highest BCUT2D eigenvalue weighted by Crippen LogP contribution is 2.44. The van der Waals surface area contributed by atoms with E-state index in [1.165, 1.54) is 12.1 Å². The number of carboxylic acid groups (broad SMARTS) is 1. The molecule has 0 saturated carbocycles. The van der Waals surface area contributed by atoms with Gasteiger partial charge in [0.15, 0.2) is 5.11 Å². The van der Waals surface area contributed by atoms with Gasteiger partial charge in [-0.1, -0.05) is 35.4 Å². The summed E-state index contributed by atoms with van der Waals surface area (Å²) in [6.45, 7) is 2.03. The summed E-state index contributed by atoms with van der Waals surface area (Å²) in [4.78, 5) is 18.1. The Hall–Kier alpha value is -4.66. The minimum absolute atomic E-state index is 0.118. The van der Waals surface area contributed by atoms with E-state index in [1.54, 1.807) is 18.3 Å². The summed E-state index contributed by atoms with van der Waals surface area (Å²) in [6.07, 6.45) is 1.74. The largest absolute Gasteiger partial charge is 0.478 e. The molecule has 7 nitrogen and oxygen atoms in total. The maximum Gasteiger partial charge on any atom is 0.335 e. The number of halogens is 1. The third-order valence-corrected chi connectivity index (χ3v) is 7.51. The van der Waals surface area contributed by atoms with Crippen LogP contribution in [-0.2, 0) is 0 Å². The number of rotatable bonds is 7. The molecule has 0 radical (unpaired) electrons. The van der Waals surface area contributed by atoms with Crippen molar-refractivity contribution in [1.29, 1.82) is 0 Å². The van der Waals surface area contributed by atoms with Crippen molar-refractivity contribution in [3.05, 3.63) is 131 Å². The van der Waals surface area contributed by atoms with E-state index in [4.69, 9.17) is 33.0 Å². The average molecular weight is 582 g/mol. The van der Waals surface area contributed by atoms with E-state index in [0.29, 0.717) is 33.0 Å². The number of benzene rings is 3. The quantitative estimate of drug-likeness (QED) is 0.187. The number of furan rings is 1. The van der Waals surface area contributed by atoms with Gasteiger partial charge in [-0.3, -0.25) is 4.98 Å². The zero-order chi connectivity index (χ0) is 28.5. The minimum Gasteiger partial charge on any atom is -0.478 e. The number of pyridine rings is 1. The van der Waals surface area contributed by atoms with Gasteiger partial charge in [0.1, 0.15) is 29.1 Å². The van der Waals surface area contributed by atoms with Crippen LogP contribution in [0.25, 0.3) is 11.3 Å². The summed E-state index contributed by atoms with van der Waals surface area (Å²) >= 11 is 12.3. The second-order valence-electron chi connectivity index (χ2n) is 9.61. The molecule has 0 unspecified atom stereocenters. The molecule has 9 heteroatoms. The van der Waals surface area contributed by atoms with Crippen molar-refractivity contribution in [2.75, 3.05) is 4.90 Å². The molecule has 204 valence electrons. The van der Waals surface area contributed by atoms with E-state index in [9.17, 15) is 9.90 Å². The number of hydrogen-bond acceptors (Lipinski definition) is 5. The second kappa shape index (κ2) is 11.1. The van der Waals surface area contributed by atoms with Crippen LogP contribution in [0, 0.1) is 6.92 Å². The van der Waals surface area contributed by atoms with Crippen molar-refractivity contribution >= 4 is 40.6 Å². The van der Waals surface area contributed by atoms with E-state index in [0.717, 1.165) is 22.7 Å². The first-order valence-electron chi connectivity index (χ1n) is 12.9. The molecule has 3 heterocycles. The van der Waals surface area contributed by atoms with Crippen LogP contribution in [0.15, 0.2) is 108 Å². The van der Waals surface area contributed by atoms with Gasteiger partial charge < -0.3 is 24.5 Å². The van der Waals surface area contributed by atoms with Gasteiger partial charge in [0, 0.05) is 17.4 Å². The number of carboxylic acids is 1. The molecule has 2 atom stereocenters. The van der Waals surface area contributed by atoms with Crippen molar-refractivity contribution in [2.45, 2.75) is 19.0 Å². The Morgan fingerprint density at radius 1 is 1.00 bits per heavy atom. The lowest BCUT2D eigenvalue weighted by molar-refractivity contribution is 0.0697. The van der Waals surface area contributed by atoms with Crippen molar-refractivity contribution < 1.29 is 19.1 Å². The monoisotopic (exact) mass is 581 g/mol. The highest BCUT2D eigenvalue weighted by molar-refractivity contribution is 7.80. The molecular weight excluding hydrogens is 558 g/mol. The zero-order valence-corrected chi connectivity index (χ0v) is 23.4. The molecule has 1 aliphatic heterocycles. The topological polar surface area (TPSA) is 87.8 Å². The molecule has 5 aromatic rings. The van der Waals surface area contributed by atoms with E-state index in [2.05, 4.69) is 10.3 Å². The van der Waals surface area contributed by atoms with E-state index >= 15 is 0 Å². The standard InChI is InChI=1S/C32H24ClN3O4S/c1-19-5-10-22(11-6-19)39-23-12-8-21(9-13-23)36-30(29(35-32(36)41)26-4-2-3-17-34-26)28-16-15-27(40-28)24-18-20(31(37)38)7-14-25(24)33/h2-18,29-30H,1H3,(H,35,41)(H,37,38)/t29-,30+/m1/s1. The molecule has 6 rings (SSSR count). The lowest BCUT2D eigenvalue weighted by atomic mass is 10.0. The lowest BCUT2D eigenvalue weighted by Gasteiger charge is -2.26. The van der Waals surface area contributed by atoms with E-state index in [1.807, 2.05) is 84.6 Å². The maximum atomic E-state index is 11.6. The van der Waals surface area contributed by atoms with Crippen LogP contribution >= 0.6 is 23.8 Å². The first-order chi connectivity index (χ1) is 19.9. The normalized spacial score (nSPS) is 16.4. The third kappa shape index (κ3) is 5.39. The zero-order valence-electron chi connectivity index (χ0n) is 21.8. The number of anilines is 1. The van der Waals surface area contributed by atoms with Crippen LogP contribution in [0.2, 0.25) is 5.02 Å². The van der Waals surface area contributed by atoms with Gasteiger partial charge >= 0.3 is 5.97 Å². The smallest absolute Gasteiger partial charge is 0.335 e. The molecule has 1 saturated heterocycles. The van der Waals surface area contributed by atoms with Crippen LogP contribution < -0.4 is 15.0 Å². The predicted molar refractivity (Wildman–Crippen MR) is 162 cm³/mol. The van der Waals surface area contributed by atoms with Crippen molar-refractivity contribution in [3.63, 3.8) is 0 Å². The Bertz CT molecular complexity index is 1720. The number of carbonyl (C=O) groups is 1. The fraction of sp³-hybridized carbons (Fsp3) is 0.0938. The molecule has 0 aliphatic carbocycles. The molecule has 0 bridgehead atoms. The Morgan fingerprint density at radius 3 is 2.41 bits per heavy atom. The highest BCUT2D eigenvalue weighted by atomic mass is 35.5. The van der Waals surface area contributed by atoms with Gasteiger partial charge in [0.25, 0.3) is 0 Å². The number of nitrogens with zero attached hydrogens (tertiary/aromatic N) is 2. The maximum absolute atomic E-state index is 11.6. The molecule has 3 aromatic carbocycles. The SMILES string of the molecule is Cc1ccc(Oc2ccc(N3C(=S)N[C@H](c4ccccn4)[C@@H]3c3ccc(-c4cc(C(=O)O)ccc4Cl)o3)cc2)cc1. The Labute approximate surface area is 247 Å². The average Bonchev–Trinajstić information content (AvgIpc) is 3.60. The molecular formula is C32H24ClN3O4S. The number of aromatic nitrogens is 1. The Kier molecular flexibility index (Phi) is 7.17. The Balaban J connectivity index is 1.36. The summed E-state index contributed by atoms with van der Waals surface area (Å²) in [5.41, 5.74) is 3.41. The fourth-order valence-electron chi connectivity index (χ4n) is 4.84. The van der Waals surface area contributed by atoms with Gasteiger partial charge in [-0.2, -0.15) is 0 Å². The third-order valence-electron chi connectivity index (χ3n) is 6.87. The Morgan fingerprint density at radius 2 is 1.73 bits per heavy atom. The van der Waals surface area contributed by atoms with E-state index in [-0.39, 0.29) is 11.6 Å². The van der Waals surface area contributed by atoms with Gasteiger partial charge in [-0.25, -0.2) is 4.79 Å². The predicted octanol–water partition coefficient (Wildman–Crippen LogP) is 7.97. The summed E-state index contributed by atoms with van der Waals surface area (Å²) in [5, 5.41) is 13.8. The van der Waals surface area contributed by atoms with Crippen LogP contribution in [0.1, 0.15) is 39.5 Å². The van der Waals surface area contributed by atoms with Crippen LogP contribution in [0.5, 0.6) is 11.5 Å². The van der Waals surface area contributed by atoms with Crippen LogP contribution in [0.4, 0.5) is 5.69 Å². The highest BCUT2D eigenvalue weighted by Gasteiger charge is 2.42. The molecule has 0 amide bonds. The summed E-state index contributed by atoms with van der Waals surface area (Å²) in [7, 11) is 0. The number of hydrogen-bond donors (Lipinski definition) is 2. The van der Waals surface area contributed by atoms with E-state index < -0.39 is 12.0 Å². The summed E-state index contributed by atoms with van der Waals surface area (Å²) in [6, 6.07) is 28.7. The molecule has 41 heavy (non-hydrogen) atoms. The number of aryl methyl sites for hydroxylation is 1. The van der Waals surface area contributed by atoms with Gasteiger partial charge in [-0.05, 0) is 98.0 Å². The number of nitrogens with one attached hydrogen (secondary N) is 1. The van der Waals surface area contributed by atoms with Gasteiger partial charge in [0.05, 0.1) is 22.3 Å². The van der Waals surface area contributed by atoms with Crippen molar-refractivity contribution in [2.24, 2.45) is 0 Å². The summed E-state index contributed by atoms with van der Waals surface area (Å²) in [5.74, 6) is 1.47. The number of ether oxygens (including phenoxy) is 1. The summed E-state index contributed by atoms with van der Waals surface area (Å²) < 4.78 is 12.4. The number of aromatic carboxylic acids is 1. The first-order valence-corrected chi connectivity index (χ1v) is 13.6. The van der Waals surface area contributed by atoms with Gasteiger partial charge in [0.2, 0.25) is 0 Å². The molecule has 2 aromatic heterocycles. The molecule has 1 aliphatic rings. The fourth-order valence-corrected chi connectivity index (χ4v) is 5.40. The second-order valence-corrected chi connectivity index (χ2v) is 10.4. The van der Waals surface area contributed by atoms with Crippen LogP contribution in [0.3, 0.4) is 0 Å². The minimum atomic E-state index is -1.05.